The van der Waals surface area contributed by atoms with Crippen molar-refractivity contribution in [2.24, 2.45) is 0 Å². The summed E-state index contributed by atoms with van der Waals surface area (Å²) in [6.07, 6.45) is 3.85. The second-order valence-corrected chi connectivity index (χ2v) is 3.95. The molecule has 0 aliphatic rings. The van der Waals surface area contributed by atoms with Gasteiger partial charge in [-0.05, 0) is 30.7 Å². The van der Waals surface area contributed by atoms with Crippen LogP contribution in [0.3, 0.4) is 0 Å². The molecule has 78 valence electrons. The molecule has 1 aromatic rings. The molecule has 1 aromatic carbocycles. The van der Waals surface area contributed by atoms with Gasteiger partial charge in [0.1, 0.15) is 0 Å². The molecule has 1 N–H and O–H groups in total. The van der Waals surface area contributed by atoms with Crippen molar-refractivity contribution in [1.29, 1.82) is 0 Å². The molecule has 0 saturated heterocycles. The van der Waals surface area contributed by atoms with E-state index in [0.717, 1.165) is 18.1 Å². The zero-order chi connectivity index (χ0) is 10.2. The molecule has 0 atom stereocenters. The summed E-state index contributed by atoms with van der Waals surface area (Å²) in [5, 5.41) is 4.22. The number of hydrogen-bond acceptors (Lipinski definition) is 1. The van der Waals surface area contributed by atoms with E-state index in [-0.39, 0.29) is 0 Å². The van der Waals surface area contributed by atoms with Crippen LogP contribution >= 0.6 is 11.6 Å². The summed E-state index contributed by atoms with van der Waals surface area (Å²) in [6.45, 7) is 4.24. The van der Waals surface area contributed by atoms with Crippen molar-refractivity contribution in [3.63, 3.8) is 0 Å². The first-order valence-corrected chi connectivity index (χ1v) is 5.66. The minimum atomic E-state index is 0.817. The molecule has 14 heavy (non-hydrogen) atoms. The Morgan fingerprint density at radius 3 is 2.86 bits per heavy atom. The summed E-state index contributed by atoms with van der Waals surface area (Å²) < 4.78 is 0. The molecular weight excluding hydrogens is 194 g/mol. The van der Waals surface area contributed by atoms with Gasteiger partial charge in [0.2, 0.25) is 0 Å². The van der Waals surface area contributed by atoms with Crippen molar-refractivity contribution in [3.8, 4) is 0 Å². The molecule has 0 spiro atoms. The van der Waals surface area contributed by atoms with E-state index in [1.807, 2.05) is 18.2 Å². The van der Waals surface area contributed by atoms with Crippen LogP contribution in [0.1, 0.15) is 31.7 Å². The fourth-order valence-corrected chi connectivity index (χ4v) is 1.59. The Kier molecular flexibility index (Phi) is 5.65. The van der Waals surface area contributed by atoms with Gasteiger partial charge in [-0.1, -0.05) is 43.5 Å². The van der Waals surface area contributed by atoms with Crippen LogP contribution in [0, 0.1) is 0 Å². The third-order valence-corrected chi connectivity index (χ3v) is 2.41. The van der Waals surface area contributed by atoms with Gasteiger partial charge in [-0.15, -0.1) is 0 Å². The molecule has 0 aromatic heterocycles. The van der Waals surface area contributed by atoms with Gasteiger partial charge in [0.15, 0.2) is 0 Å². The van der Waals surface area contributed by atoms with Crippen molar-refractivity contribution in [3.05, 3.63) is 34.9 Å². The number of rotatable bonds is 6. The van der Waals surface area contributed by atoms with Crippen LogP contribution in [0.15, 0.2) is 24.3 Å². The first-order chi connectivity index (χ1) is 6.83. The van der Waals surface area contributed by atoms with Gasteiger partial charge in [0.25, 0.3) is 0 Å². The predicted octanol–water partition coefficient (Wildman–Crippen LogP) is 3.62. The predicted molar refractivity (Wildman–Crippen MR) is 62.7 cm³/mol. The molecule has 0 unspecified atom stereocenters. The Labute approximate surface area is 91.5 Å². The van der Waals surface area contributed by atoms with Crippen molar-refractivity contribution >= 4 is 11.6 Å². The Balaban J connectivity index is 2.18. The molecule has 0 radical (unpaired) electrons. The van der Waals surface area contributed by atoms with E-state index in [0.29, 0.717) is 0 Å². The fraction of sp³-hybridized carbons (Fsp3) is 0.500. The molecular formula is C12H18ClN. The number of hydrogen-bond donors (Lipinski definition) is 1. The zero-order valence-corrected chi connectivity index (χ0v) is 9.48. The molecule has 0 aliphatic carbocycles. The smallest absolute Gasteiger partial charge is 0.0409 e. The molecule has 0 heterocycles. The van der Waals surface area contributed by atoms with Crippen molar-refractivity contribution in [2.75, 3.05) is 6.54 Å². The van der Waals surface area contributed by atoms with Crippen LogP contribution in [-0.4, -0.2) is 6.54 Å². The Morgan fingerprint density at radius 2 is 2.14 bits per heavy atom. The average Bonchev–Trinajstić information content (AvgIpc) is 2.18. The van der Waals surface area contributed by atoms with Crippen LogP contribution in [-0.2, 0) is 6.54 Å². The van der Waals surface area contributed by atoms with Gasteiger partial charge in [0.05, 0.1) is 0 Å². The van der Waals surface area contributed by atoms with E-state index in [4.69, 9.17) is 11.6 Å². The second-order valence-electron chi connectivity index (χ2n) is 3.51. The largest absolute Gasteiger partial charge is 0.313 e. The molecule has 1 nitrogen and oxygen atoms in total. The minimum absolute atomic E-state index is 0.817. The minimum Gasteiger partial charge on any atom is -0.313 e. The number of unbranched alkanes of at least 4 members (excludes halogenated alkanes) is 2. The summed E-state index contributed by atoms with van der Waals surface area (Å²) in [7, 11) is 0. The van der Waals surface area contributed by atoms with E-state index < -0.39 is 0 Å². The highest BCUT2D eigenvalue weighted by Gasteiger charge is 1.93. The number of nitrogens with one attached hydrogen (secondary N) is 1. The SMILES string of the molecule is CCCCCNCc1cccc(Cl)c1. The van der Waals surface area contributed by atoms with Crippen LogP contribution in [0.25, 0.3) is 0 Å². The summed E-state index contributed by atoms with van der Waals surface area (Å²) in [5.74, 6) is 0. The van der Waals surface area contributed by atoms with E-state index in [1.54, 1.807) is 0 Å². The molecule has 0 saturated carbocycles. The van der Waals surface area contributed by atoms with Gasteiger partial charge in [-0.2, -0.15) is 0 Å². The standard InChI is InChI=1S/C12H18ClN/c1-2-3-4-8-14-10-11-6-5-7-12(13)9-11/h5-7,9,14H,2-4,8,10H2,1H3. The summed E-state index contributed by atoms with van der Waals surface area (Å²) in [6, 6.07) is 8.00. The van der Waals surface area contributed by atoms with Crippen molar-refractivity contribution < 1.29 is 0 Å². The Morgan fingerprint density at radius 1 is 1.29 bits per heavy atom. The molecule has 2 heteroatoms. The molecule has 0 amide bonds. The number of halogens is 1. The second kappa shape index (κ2) is 6.86. The Bertz CT molecular complexity index is 260. The highest BCUT2D eigenvalue weighted by molar-refractivity contribution is 6.30. The maximum absolute atomic E-state index is 5.88. The topological polar surface area (TPSA) is 12.0 Å². The summed E-state index contributed by atoms with van der Waals surface area (Å²) in [5.41, 5.74) is 1.26. The molecule has 0 bridgehead atoms. The van der Waals surface area contributed by atoms with E-state index >= 15 is 0 Å². The fourth-order valence-electron chi connectivity index (χ4n) is 1.38. The molecule has 1 rings (SSSR count). The monoisotopic (exact) mass is 211 g/mol. The highest BCUT2D eigenvalue weighted by Crippen LogP contribution is 2.10. The van der Waals surface area contributed by atoms with Crippen LogP contribution in [0.5, 0.6) is 0 Å². The quantitative estimate of drug-likeness (QED) is 0.709. The van der Waals surface area contributed by atoms with Gasteiger partial charge < -0.3 is 5.32 Å². The third kappa shape index (κ3) is 4.64. The van der Waals surface area contributed by atoms with Crippen LogP contribution < -0.4 is 5.32 Å². The lowest BCUT2D eigenvalue weighted by Crippen LogP contribution is -2.14. The van der Waals surface area contributed by atoms with Crippen molar-refractivity contribution in [1.82, 2.24) is 5.32 Å². The van der Waals surface area contributed by atoms with Gasteiger partial charge in [0, 0.05) is 11.6 Å². The van der Waals surface area contributed by atoms with E-state index in [2.05, 4.69) is 18.3 Å². The number of benzene rings is 1. The average molecular weight is 212 g/mol. The first kappa shape index (κ1) is 11.5. The zero-order valence-electron chi connectivity index (χ0n) is 8.72. The van der Waals surface area contributed by atoms with E-state index in [1.165, 1.54) is 24.8 Å². The summed E-state index contributed by atoms with van der Waals surface area (Å²) >= 11 is 5.88. The maximum Gasteiger partial charge on any atom is 0.0409 e. The highest BCUT2D eigenvalue weighted by atomic mass is 35.5. The molecule has 0 aliphatic heterocycles. The van der Waals surface area contributed by atoms with Gasteiger partial charge in [-0.3, -0.25) is 0 Å². The summed E-state index contributed by atoms with van der Waals surface area (Å²) in [4.78, 5) is 0. The normalized spacial score (nSPS) is 10.4. The maximum atomic E-state index is 5.88. The van der Waals surface area contributed by atoms with Gasteiger partial charge >= 0.3 is 0 Å². The first-order valence-electron chi connectivity index (χ1n) is 5.28. The third-order valence-electron chi connectivity index (χ3n) is 2.18. The molecule has 0 fully saturated rings. The lowest BCUT2D eigenvalue weighted by atomic mass is 10.2. The van der Waals surface area contributed by atoms with Crippen molar-refractivity contribution in [2.45, 2.75) is 32.7 Å². The van der Waals surface area contributed by atoms with Gasteiger partial charge in [-0.25, -0.2) is 0 Å². The van der Waals surface area contributed by atoms with Crippen LogP contribution in [0.2, 0.25) is 5.02 Å². The lowest BCUT2D eigenvalue weighted by Gasteiger charge is -2.04. The lowest BCUT2D eigenvalue weighted by molar-refractivity contribution is 0.617. The Hall–Kier alpha value is -0.530. The van der Waals surface area contributed by atoms with E-state index in [9.17, 15) is 0 Å². The van der Waals surface area contributed by atoms with Crippen LogP contribution in [0.4, 0.5) is 0 Å².